The van der Waals surface area contributed by atoms with Gasteiger partial charge in [0.15, 0.2) is 0 Å². The minimum Gasteiger partial charge on any atom is -0.496 e. The van der Waals surface area contributed by atoms with E-state index in [2.05, 4.69) is 10.2 Å². The number of methoxy groups -OCH3 is 1. The second-order valence-corrected chi connectivity index (χ2v) is 7.87. The largest absolute Gasteiger partial charge is 0.496 e. The minimum atomic E-state index is -0.235. The Labute approximate surface area is 173 Å². The third kappa shape index (κ3) is 3.08. The Kier molecular flexibility index (Phi) is 4.61. The van der Waals surface area contributed by atoms with Crippen molar-refractivity contribution in [2.24, 2.45) is 0 Å². The van der Waals surface area contributed by atoms with Crippen molar-refractivity contribution in [1.82, 2.24) is 24.5 Å². The van der Waals surface area contributed by atoms with E-state index in [1.54, 1.807) is 23.4 Å². The summed E-state index contributed by atoms with van der Waals surface area (Å²) < 4.78 is 6.91. The highest BCUT2D eigenvalue weighted by molar-refractivity contribution is 5.97. The number of rotatable bonds is 4. The van der Waals surface area contributed by atoms with Gasteiger partial charge in [-0.25, -0.2) is 0 Å². The number of piperidine rings is 1. The minimum absolute atomic E-state index is 0.0871. The molecule has 0 spiro atoms. The summed E-state index contributed by atoms with van der Waals surface area (Å²) in [7, 11) is 1.49. The summed E-state index contributed by atoms with van der Waals surface area (Å²) in [5, 5.41) is 8.58. The lowest BCUT2D eigenvalue weighted by Crippen LogP contribution is -2.47. The predicted molar refractivity (Wildman–Crippen MR) is 110 cm³/mol. The molecule has 2 bridgehead atoms. The summed E-state index contributed by atoms with van der Waals surface area (Å²) in [6.07, 6.45) is 8.59. The second-order valence-electron chi connectivity index (χ2n) is 7.87. The topological polar surface area (TPSA) is 82.2 Å². The van der Waals surface area contributed by atoms with Gasteiger partial charge >= 0.3 is 0 Å². The number of hydrogen-bond donors (Lipinski definition) is 0. The molecule has 30 heavy (non-hydrogen) atoms. The van der Waals surface area contributed by atoms with E-state index < -0.39 is 0 Å². The zero-order valence-corrected chi connectivity index (χ0v) is 16.7. The van der Waals surface area contributed by atoms with Gasteiger partial charge in [0, 0.05) is 30.0 Å². The average molecular weight is 405 g/mol. The molecule has 0 N–H and O–H groups in total. The van der Waals surface area contributed by atoms with Crippen LogP contribution in [0.4, 0.5) is 0 Å². The van der Waals surface area contributed by atoms with Crippen molar-refractivity contribution in [3.05, 3.63) is 70.9 Å². The zero-order chi connectivity index (χ0) is 20.7. The fraction of sp³-hybridized carbons (Fsp3) is 0.364. The van der Waals surface area contributed by atoms with Gasteiger partial charge < -0.3 is 9.64 Å². The molecule has 2 aliphatic heterocycles. The Morgan fingerprint density at radius 2 is 1.70 bits per heavy atom. The van der Waals surface area contributed by atoms with E-state index in [1.165, 1.54) is 17.7 Å². The quantitative estimate of drug-likeness (QED) is 0.666. The number of pyridine rings is 1. The van der Waals surface area contributed by atoms with Crippen LogP contribution in [-0.2, 0) is 0 Å². The molecule has 8 heteroatoms. The van der Waals surface area contributed by atoms with Crippen molar-refractivity contribution in [3.8, 4) is 11.4 Å². The summed E-state index contributed by atoms with van der Waals surface area (Å²) in [4.78, 5) is 30.0. The van der Waals surface area contributed by atoms with Crippen LogP contribution in [0.3, 0.4) is 0 Å². The molecule has 8 nitrogen and oxygen atoms in total. The van der Waals surface area contributed by atoms with E-state index >= 15 is 0 Å². The van der Waals surface area contributed by atoms with Gasteiger partial charge in [-0.1, -0.05) is 18.2 Å². The number of carbonyl (C=O) groups is 1. The number of ether oxygens (including phenoxy) is 1. The third-order valence-corrected chi connectivity index (χ3v) is 6.21. The number of benzene rings is 1. The standard InChI is InChI=1S/C22H23N5O3/c1-30-20-13-21(28)25(15-5-3-2-4-6-15)14-19(20)22(29)26-16-7-8-17(26)12-18(11-16)27-23-9-10-24-27/h2-6,9-10,13-14,16-18H,7-8,11-12H2,1H3. The van der Waals surface area contributed by atoms with E-state index in [0.717, 1.165) is 25.7 Å². The summed E-state index contributed by atoms with van der Waals surface area (Å²) in [5.41, 5.74) is 0.889. The first kappa shape index (κ1) is 18.6. The molecule has 2 unspecified atom stereocenters. The Morgan fingerprint density at radius 3 is 2.33 bits per heavy atom. The molecular weight excluding hydrogens is 382 g/mol. The summed E-state index contributed by atoms with van der Waals surface area (Å²) in [6.45, 7) is 0. The van der Waals surface area contributed by atoms with E-state index in [-0.39, 0.29) is 29.6 Å². The van der Waals surface area contributed by atoms with Crippen LogP contribution in [0.15, 0.2) is 59.8 Å². The average Bonchev–Trinajstić information content (AvgIpc) is 3.40. The van der Waals surface area contributed by atoms with Crippen LogP contribution in [0.25, 0.3) is 5.69 Å². The van der Waals surface area contributed by atoms with Crippen LogP contribution in [-0.4, -0.2) is 49.6 Å². The lowest BCUT2D eigenvalue weighted by atomic mass is 9.97. The van der Waals surface area contributed by atoms with Crippen LogP contribution in [0.2, 0.25) is 0 Å². The van der Waals surface area contributed by atoms with Gasteiger partial charge in [-0.05, 0) is 37.8 Å². The SMILES string of the molecule is COc1cc(=O)n(-c2ccccc2)cc1C(=O)N1C2CCC1CC(n1nccn1)C2. The number of fused-ring (bicyclic) bond motifs is 2. The Balaban J connectivity index is 1.49. The van der Waals surface area contributed by atoms with Crippen molar-refractivity contribution in [1.29, 1.82) is 0 Å². The normalized spacial score (nSPS) is 22.8. The van der Waals surface area contributed by atoms with Crippen molar-refractivity contribution < 1.29 is 9.53 Å². The van der Waals surface area contributed by atoms with Crippen LogP contribution in [0.1, 0.15) is 42.1 Å². The van der Waals surface area contributed by atoms with E-state index in [4.69, 9.17) is 4.74 Å². The molecule has 4 heterocycles. The molecule has 0 aliphatic carbocycles. The van der Waals surface area contributed by atoms with Gasteiger partial charge in [0.05, 0.1) is 31.1 Å². The van der Waals surface area contributed by atoms with Crippen LogP contribution in [0, 0.1) is 0 Å². The zero-order valence-electron chi connectivity index (χ0n) is 16.7. The maximum atomic E-state index is 13.6. The molecule has 154 valence electrons. The van der Waals surface area contributed by atoms with Crippen molar-refractivity contribution in [3.63, 3.8) is 0 Å². The van der Waals surface area contributed by atoms with Gasteiger partial charge in [0.1, 0.15) is 5.75 Å². The Morgan fingerprint density at radius 1 is 1.03 bits per heavy atom. The first-order valence-electron chi connectivity index (χ1n) is 10.2. The van der Waals surface area contributed by atoms with E-state index in [1.807, 2.05) is 35.2 Å². The van der Waals surface area contributed by atoms with Crippen LogP contribution < -0.4 is 10.3 Å². The molecule has 2 aromatic heterocycles. The maximum absolute atomic E-state index is 13.6. The summed E-state index contributed by atoms with van der Waals surface area (Å²) >= 11 is 0. The molecule has 2 saturated heterocycles. The third-order valence-electron chi connectivity index (χ3n) is 6.21. The fourth-order valence-electron chi connectivity index (χ4n) is 4.86. The number of hydrogen-bond acceptors (Lipinski definition) is 5. The van der Waals surface area contributed by atoms with E-state index in [9.17, 15) is 9.59 Å². The first-order chi connectivity index (χ1) is 14.7. The monoisotopic (exact) mass is 405 g/mol. The van der Waals surface area contributed by atoms with Crippen LogP contribution in [0.5, 0.6) is 5.75 Å². The number of nitrogens with zero attached hydrogens (tertiary/aromatic N) is 5. The van der Waals surface area contributed by atoms with Gasteiger partial charge in [0.2, 0.25) is 0 Å². The maximum Gasteiger partial charge on any atom is 0.259 e. The molecule has 0 saturated carbocycles. The van der Waals surface area contributed by atoms with Gasteiger partial charge in [-0.2, -0.15) is 15.0 Å². The molecule has 2 atom stereocenters. The van der Waals surface area contributed by atoms with Gasteiger partial charge in [0.25, 0.3) is 11.5 Å². The molecule has 1 amide bonds. The Hall–Kier alpha value is -3.42. The number of carbonyl (C=O) groups excluding carboxylic acids is 1. The molecule has 0 radical (unpaired) electrons. The predicted octanol–water partition coefficient (Wildman–Crippen LogP) is 2.45. The highest BCUT2D eigenvalue weighted by Gasteiger charge is 2.45. The van der Waals surface area contributed by atoms with Crippen LogP contribution >= 0.6 is 0 Å². The molecule has 2 aliphatic rings. The second kappa shape index (κ2) is 7.44. The first-order valence-corrected chi connectivity index (χ1v) is 10.2. The highest BCUT2D eigenvalue weighted by Crippen LogP contribution is 2.41. The van der Waals surface area contributed by atoms with Crippen molar-refractivity contribution >= 4 is 5.91 Å². The fourth-order valence-corrected chi connectivity index (χ4v) is 4.86. The lowest BCUT2D eigenvalue weighted by Gasteiger charge is -2.38. The Bertz CT molecular complexity index is 1100. The summed E-state index contributed by atoms with van der Waals surface area (Å²) in [5.74, 6) is 0.225. The summed E-state index contributed by atoms with van der Waals surface area (Å²) in [6, 6.07) is 11.2. The lowest BCUT2D eigenvalue weighted by molar-refractivity contribution is 0.0508. The molecule has 5 rings (SSSR count). The smallest absolute Gasteiger partial charge is 0.259 e. The van der Waals surface area contributed by atoms with Crippen molar-refractivity contribution in [2.75, 3.05) is 7.11 Å². The van der Waals surface area contributed by atoms with E-state index in [0.29, 0.717) is 17.0 Å². The highest BCUT2D eigenvalue weighted by atomic mass is 16.5. The van der Waals surface area contributed by atoms with Crippen molar-refractivity contribution in [2.45, 2.75) is 43.8 Å². The molecule has 3 aromatic rings. The number of para-hydroxylation sites is 1. The number of amides is 1. The number of aromatic nitrogens is 4. The van der Waals surface area contributed by atoms with Gasteiger partial charge in [-0.3, -0.25) is 14.2 Å². The van der Waals surface area contributed by atoms with Gasteiger partial charge in [-0.15, -0.1) is 0 Å². The molecule has 2 fully saturated rings. The molecular formula is C22H23N5O3. The molecule has 1 aromatic carbocycles.